The van der Waals surface area contributed by atoms with Crippen LogP contribution in [0.1, 0.15) is 198 Å². The van der Waals surface area contributed by atoms with Crippen LogP contribution in [0.3, 0.4) is 0 Å². The molecule has 2 saturated carbocycles. The number of aryl methyl sites for hydroxylation is 4. The molecule has 2 fully saturated rings. The lowest BCUT2D eigenvalue weighted by atomic mass is 9.80. The zero-order chi connectivity index (χ0) is 78.5. The van der Waals surface area contributed by atoms with E-state index < -0.39 is 23.9 Å². The first-order valence-corrected chi connectivity index (χ1v) is 38.0. The summed E-state index contributed by atoms with van der Waals surface area (Å²) in [4.78, 5) is 99.4. The van der Waals surface area contributed by atoms with E-state index in [1.165, 1.54) is 37.8 Å². The Bertz CT molecular complexity index is 4680. The van der Waals surface area contributed by atoms with Gasteiger partial charge in [0.2, 0.25) is 0 Å². The van der Waals surface area contributed by atoms with E-state index in [1.807, 2.05) is 74.5 Å². The molecule has 8 aromatic carbocycles. The van der Waals surface area contributed by atoms with Gasteiger partial charge in [0.05, 0.1) is 61.9 Å². The summed E-state index contributed by atoms with van der Waals surface area (Å²) in [6, 6.07) is 42.2. The first-order valence-electron chi connectivity index (χ1n) is 38.0. The molecule has 2 aliphatic rings. The Hall–Kier alpha value is -11.4. The fourth-order valence-corrected chi connectivity index (χ4v) is 12.4. The number of hydrogen-bond acceptors (Lipinski definition) is 18. The second-order valence-electron chi connectivity index (χ2n) is 28.4. The van der Waals surface area contributed by atoms with Crippen molar-refractivity contribution in [3.8, 4) is 34.5 Å². The third-order valence-corrected chi connectivity index (χ3v) is 19.0. The average molecular weight is 1490 g/mol. The maximum atomic E-state index is 13.1. The van der Waals surface area contributed by atoms with Gasteiger partial charge in [-0.15, -0.1) is 0 Å². The molecule has 18 nitrogen and oxygen atoms in total. The van der Waals surface area contributed by atoms with Crippen LogP contribution in [-0.4, -0.2) is 87.4 Å². The number of benzene rings is 8. The maximum absolute atomic E-state index is 13.1. The van der Waals surface area contributed by atoms with Crippen LogP contribution in [0.4, 0.5) is 0 Å². The fraction of sp³-hybridized carbons (Fsp3) is 0.348. The third-order valence-electron chi connectivity index (χ3n) is 19.0. The van der Waals surface area contributed by atoms with Gasteiger partial charge in [0, 0.05) is 23.3 Å². The second-order valence-corrected chi connectivity index (χ2v) is 28.4. The normalized spacial score (nSPS) is 13.8. The summed E-state index contributed by atoms with van der Waals surface area (Å²) < 4.78 is 55.6. The van der Waals surface area contributed by atoms with Gasteiger partial charge in [0.15, 0.2) is 0 Å². The minimum Gasteiger partial charge on any atom is -0.494 e. The summed E-state index contributed by atoms with van der Waals surface area (Å²) in [6.07, 6.45) is 22.8. The number of esters is 8. The Morgan fingerprint density at radius 3 is 1.04 bits per heavy atom. The van der Waals surface area contributed by atoms with Crippen LogP contribution in [0.15, 0.2) is 182 Å². The van der Waals surface area contributed by atoms with Gasteiger partial charge >= 0.3 is 47.8 Å². The minimum atomic E-state index is -0.548. The predicted molar refractivity (Wildman–Crippen MR) is 425 cm³/mol. The van der Waals surface area contributed by atoms with Crippen LogP contribution in [0.25, 0.3) is 33.7 Å². The zero-order valence-corrected chi connectivity index (χ0v) is 64.2. The summed E-state index contributed by atoms with van der Waals surface area (Å²) in [5, 5.41) is 3.59. The molecule has 0 unspecified atom stereocenters. The van der Waals surface area contributed by atoms with E-state index in [2.05, 4.69) is 20.1 Å². The van der Waals surface area contributed by atoms with Gasteiger partial charge in [0.25, 0.3) is 0 Å². The standard InChI is InChI=1S/C49H56O9.C43H44O9/c1-6-11-36-12-14-38(15-13-36)32-56-46(50)25-17-37-16-23-44(34(4)28-37)57-48(52)41-21-24-45(35(5)29-41)58-49(53)42-19-18-40-31-43(22-20-39(40)30-42)54-26-9-7-8-10-27-55-47(51)33(2)3;1-28(2)41(45)49-22-8-6-5-7-21-48-37-17-15-33-25-36(14-13-34(33)26-37)43(47)52-39-19-16-35(24-30(39)4)42(46)51-38-18-11-31(23-29(38)3)12-20-40(44)50-27-32-9-10-32/h16-25,28-31,36,38H,2,6-15,26-27,32H2,1,3-5H3;11-20,23-26,32H,1,5-10,21-22,27H2,2-4H3/b25-17+;20-12+. The molecule has 0 bridgehead atoms. The highest BCUT2D eigenvalue weighted by Gasteiger charge is 2.24. The zero-order valence-electron chi connectivity index (χ0n) is 64.2. The van der Waals surface area contributed by atoms with E-state index in [1.54, 1.807) is 125 Å². The quantitative estimate of drug-likeness (QED) is 0.0117. The van der Waals surface area contributed by atoms with Gasteiger partial charge < -0.3 is 47.4 Å². The van der Waals surface area contributed by atoms with Gasteiger partial charge in [-0.25, -0.2) is 38.4 Å². The van der Waals surface area contributed by atoms with E-state index in [0.717, 1.165) is 138 Å². The molecular formula is C92H100O18. The van der Waals surface area contributed by atoms with E-state index >= 15 is 0 Å². The van der Waals surface area contributed by atoms with Crippen LogP contribution in [0.2, 0.25) is 0 Å². The second kappa shape index (κ2) is 41.8. The van der Waals surface area contributed by atoms with E-state index in [9.17, 15) is 38.4 Å². The van der Waals surface area contributed by atoms with E-state index in [-0.39, 0.29) is 23.9 Å². The Balaban J connectivity index is 0.000000255. The van der Waals surface area contributed by atoms with Crippen LogP contribution in [0.5, 0.6) is 34.5 Å². The molecule has 0 aliphatic heterocycles. The van der Waals surface area contributed by atoms with E-state index in [4.69, 9.17) is 47.4 Å². The Morgan fingerprint density at radius 1 is 0.364 bits per heavy atom. The van der Waals surface area contributed by atoms with Crippen molar-refractivity contribution in [2.45, 2.75) is 151 Å². The number of carbonyl (C=O) groups excluding carboxylic acids is 8. The van der Waals surface area contributed by atoms with Crippen LogP contribution in [0, 0.1) is 45.4 Å². The molecule has 0 heterocycles. The molecule has 0 N–H and O–H groups in total. The van der Waals surface area contributed by atoms with Gasteiger partial charge in [-0.3, -0.25) is 0 Å². The lowest BCUT2D eigenvalue weighted by Crippen LogP contribution is -2.20. The van der Waals surface area contributed by atoms with Crippen molar-refractivity contribution >= 4 is 81.5 Å². The molecule has 10 rings (SSSR count). The lowest BCUT2D eigenvalue weighted by Gasteiger charge is -2.27. The fourth-order valence-electron chi connectivity index (χ4n) is 12.4. The highest BCUT2D eigenvalue weighted by Crippen LogP contribution is 2.34. The molecule has 110 heavy (non-hydrogen) atoms. The summed E-state index contributed by atoms with van der Waals surface area (Å²) in [5.41, 5.74) is 6.46. The average Bonchev–Trinajstić information content (AvgIpc) is 1.57. The van der Waals surface area contributed by atoms with Crippen molar-refractivity contribution in [2.24, 2.45) is 17.8 Å². The molecule has 0 amide bonds. The van der Waals surface area contributed by atoms with Crippen LogP contribution >= 0.6 is 0 Å². The molecule has 0 spiro atoms. The maximum Gasteiger partial charge on any atom is 0.343 e. The van der Waals surface area contributed by atoms with Gasteiger partial charge in [-0.05, 0) is 313 Å². The highest BCUT2D eigenvalue weighted by molar-refractivity contribution is 5.99. The van der Waals surface area contributed by atoms with Crippen molar-refractivity contribution in [1.82, 2.24) is 0 Å². The molecule has 18 heteroatoms. The number of carbonyl (C=O) groups is 8. The number of fused-ring (bicyclic) bond motifs is 2. The van der Waals surface area contributed by atoms with Gasteiger partial charge in [-0.2, -0.15) is 0 Å². The largest absolute Gasteiger partial charge is 0.494 e. The third kappa shape index (κ3) is 26.5. The molecule has 576 valence electrons. The molecule has 0 radical (unpaired) electrons. The highest BCUT2D eigenvalue weighted by atomic mass is 16.6. The van der Waals surface area contributed by atoms with Crippen molar-refractivity contribution in [3.05, 3.63) is 238 Å². The molecule has 8 aromatic rings. The molecule has 0 aromatic heterocycles. The topological polar surface area (TPSA) is 229 Å². The SMILES string of the molecule is C=C(C)C(=O)OCCCCCCOc1ccc2cc(C(=O)Oc3ccc(C(=O)Oc4ccc(/C=C/C(=O)OCC5CC5)cc4C)cc3C)ccc2c1.C=C(C)C(=O)OCCCCCCOc1ccc2cc(C(=O)Oc3ccc(C(=O)Oc4ccc(/C=C/C(=O)OCC5CCC(CCC)CC5)cc4C)cc3C)ccc2c1. The summed E-state index contributed by atoms with van der Waals surface area (Å²) in [5.74, 6) is 1.16. The number of ether oxygens (including phenoxy) is 10. The van der Waals surface area contributed by atoms with Crippen LogP contribution < -0.4 is 28.4 Å². The van der Waals surface area contributed by atoms with Crippen molar-refractivity contribution in [2.75, 3.05) is 39.6 Å². The lowest BCUT2D eigenvalue weighted by molar-refractivity contribution is -0.140. The summed E-state index contributed by atoms with van der Waals surface area (Å²) >= 11 is 0. The van der Waals surface area contributed by atoms with E-state index in [0.29, 0.717) is 119 Å². The smallest absolute Gasteiger partial charge is 0.343 e. The Labute approximate surface area is 644 Å². The first-order chi connectivity index (χ1) is 53.0. The molecule has 0 saturated heterocycles. The summed E-state index contributed by atoms with van der Waals surface area (Å²) in [6.45, 7) is 22.7. The predicted octanol–water partition coefficient (Wildman–Crippen LogP) is 20.0. The van der Waals surface area contributed by atoms with Crippen LogP contribution in [-0.2, 0) is 38.1 Å². The van der Waals surface area contributed by atoms with Crippen molar-refractivity contribution in [1.29, 1.82) is 0 Å². The monoisotopic (exact) mass is 1490 g/mol. The number of unbranched alkanes of at least 4 members (excludes halogenated alkanes) is 6. The van der Waals surface area contributed by atoms with Crippen molar-refractivity contribution in [3.63, 3.8) is 0 Å². The summed E-state index contributed by atoms with van der Waals surface area (Å²) in [7, 11) is 0. The number of hydrogen-bond donors (Lipinski definition) is 0. The number of rotatable bonds is 36. The molecular weight excluding hydrogens is 1390 g/mol. The van der Waals surface area contributed by atoms with Gasteiger partial charge in [-0.1, -0.05) is 82.2 Å². The minimum absolute atomic E-state index is 0.310. The van der Waals surface area contributed by atoms with Gasteiger partial charge in [0.1, 0.15) is 34.5 Å². The molecule has 0 atom stereocenters. The van der Waals surface area contributed by atoms with Crippen molar-refractivity contribution < 1.29 is 85.7 Å². The first kappa shape index (κ1) is 82.7. The Morgan fingerprint density at radius 2 is 0.682 bits per heavy atom. The Kier molecular flexibility index (Phi) is 31.4. The molecule has 2 aliphatic carbocycles.